The van der Waals surface area contributed by atoms with Gasteiger partial charge in [0.25, 0.3) is 0 Å². The summed E-state index contributed by atoms with van der Waals surface area (Å²) in [6.45, 7) is 15.1. The van der Waals surface area contributed by atoms with Crippen LogP contribution in [0.15, 0.2) is 0 Å². The molecule has 106 valence electrons. The van der Waals surface area contributed by atoms with Gasteiger partial charge in [-0.3, -0.25) is 9.69 Å². The summed E-state index contributed by atoms with van der Waals surface area (Å²) >= 11 is 0. The molecular formula is C15H30N2O. The van der Waals surface area contributed by atoms with E-state index in [4.69, 9.17) is 0 Å². The van der Waals surface area contributed by atoms with Crippen molar-refractivity contribution >= 4 is 5.91 Å². The number of carbonyl (C=O) groups is 1. The van der Waals surface area contributed by atoms with E-state index in [-0.39, 0.29) is 11.8 Å². The second kappa shape index (κ2) is 6.55. The molecule has 18 heavy (non-hydrogen) atoms. The summed E-state index contributed by atoms with van der Waals surface area (Å²) < 4.78 is 0. The van der Waals surface area contributed by atoms with Crippen LogP contribution in [0.25, 0.3) is 0 Å². The fraction of sp³-hybridized carbons (Fsp3) is 0.933. The largest absolute Gasteiger partial charge is 0.352 e. The maximum Gasteiger partial charge on any atom is 0.222 e. The standard InChI is InChI=1S/C15H30N2O/c1-10(2)13-7-14(16-15(18)11(3)4)9-17(8-13)12(5)6/h10-14H,7-9H2,1-6H3,(H,16,18). The van der Waals surface area contributed by atoms with Crippen molar-refractivity contribution in [2.75, 3.05) is 13.1 Å². The van der Waals surface area contributed by atoms with Crippen LogP contribution in [0.3, 0.4) is 0 Å². The molecule has 0 aromatic rings. The molecule has 0 spiro atoms. The summed E-state index contributed by atoms with van der Waals surface area (Å²) in [5.74, 6) is 1.65. The van der Waals surface area contributed by atoms with Crippen LogP contribution in [0.5, 0.6) is 0 Å². The SMILES string of the molecule is CC(C)C(=O)NC1CC(C(C)C)CN(C(C)C)C1. The first-order valence-electron chi connectivity index (χ1n) is 7.35. The molecule has 3 heteroatoms. The van der Waals surface area contributed by atoms with Gasteiger partial charge in [0.15, 0.2) is 0 Å². The third-order valence-corrected chi connectivity index (χ3v) is 4.06. The fourth-order valence-corrected chi connectivity index (χ4v) is 2.55. The molecule has 2 unspecified atom stereocenters. The van der Waals surface area contributed by atoms with Crippen molar-refractivity contribution in [2.24, 2.45) is 17.8 Å². The summed E-state index contributed by atoms with van der Waals surface area (Å²) in [7, 11) is 0. The molecule has 0 radical (unpaired) electrons. The molecule has 1 N–H and O–H groups in total. The molecule has 0 bridgehead atoms. The van der Waals surface area contributed by atoms with Gasteiger partial charge >= 0.3 is 0 Å². The first-order chi connectivity index (χ1) is 8.31. The Morgan fingerprint density at radius 3 is 2.17 bits per heavy atom. The van der Waals surface area contributed by atoms with E-state index in [0.29, 0.717) is 23.9 Å². The Hall–Kier alpha value is -0.570. The van der Waals surface area contributed by atoms with E-state index < -0.39 is 0 Å². The van der Waals surface area contributed by atoms with Crippen LogP contribution in [0.4, 0.5) is 0 Å². The maximum atomic E-state index is 11.8. The van der Waals surface area contributed by atoms with Gasteiger partial charge in [0.2, 0.25) is 5.91 Å². The van der Waals surface area contributed by atoms with Crippen molar-refractivity contribution in [1.29, 1.82) is 0 Å². The van der Waals surface area contributed by atoms with Gasteiger partial charge in [-0.2, -0.15) is 0 Å². The Bertz CT molecular complexity index is 258. The van der Waals surface area contributed by atoms with Crippen LogP contribution in [0.2, 0.25) is 0 Å². The normalized spacial score (nSPS) is 26.1. The number of piperidine rings is 1. The zero-order valence-corrected chi connectivity index (χ0v) is 12.9. The fourth-order valence-electron chi connectivity index (χ4n) is 2.55. The van der Waals surface area contributed by atoms with Gasteiger partial charge in [0, 0.05) is 31.1 Å². The minimum absolute atomic E-state index is 0.0805. The average molecular weight is 254 g/mol. The Morgan fingerprint density at radius 2 is 1.72 bits per heavy atom. The van der Waals surface area contributed by atoms with Crippen LogP contribution in [0, 0.1) is 17.8 Å². The zero-order chi connectivity index (χ0) is 13.9. The first kappa shape index (κ1) is 15.5. The van der Waals surface area contributed by atoms with Gasteiger partial charge in [0.1, 0.15) is 0 Å². The van der Waals surface area contributed by atoms with Crippen molar-refractivity contribution in [3.05, 3.63) is 0 Å². The topological polar surface area (TPSA) is 32.3 Å². The number of hydrogen-bond acceptors (Lipinski definition) is 2. The lowest BCUT2D eigenvalue weighted by molar-refractivity contribution is -0.125. The Labute approximate surface area is 112 Å². The van der Waals surface area contributed by atoms with Crippen LogP contribution in [-0.2, 0) is 4.79 Å². The summed E-state index contributed by atoms with van der Waals surface area (Å²) in [4.78, 5) is 14.3. The van der Waals surface area contributed by atoms with Gasteiger partial charge < -0.3 is 5.32 Å². The van der Waals surface area contributed by atoms with E-state index in [1.54, 1.807) is 0 Å². The van der Waals surface area contributed by atoms with E-state index in [0.717, 1.165) is 13.0 Å². The zero-order valence-electron chi connectivity index (χ0n) is 12.9. The predicted molar refractivity (Wildman–Crippen MR) is 76.4 cm³/mol. The first-order valence-corrected chi connectivity index (χ1v) is 7.35. The molecule has 1 amide bonds. The highest BCUT2D eigenvalue weighted by molar-refractivity contribution is 5.78. The molecule has 1 saturated heterocycles. The molecular weight excluding hydrogens is 224 g/mol. The van der Waals surface area contributed by atoms with Crippen LogP contribution < -0.4 is 5.32 Å². The predicted octanol–water partition coefficient (Wildman–Crippen LogP) is 2.51. The molecule has 1 heterocycles. The highest BCUT2D eigenvalue weighted by atomic mass is 16.1. The molecule has 1 fully saturated rings. The maximum absolute atomic E-state index is 11.8. The number of nitrogens with one attached hydrogen (secondary N) is 1. The molecule has 0 aromatic heterocycles. The van der Waals surface area contributed by atoms with Crippen molar-refractivity contribution in [3.8, 4) is 0 Å². The van der Waals surface area contributed by atoms with E-state index >= 15 is 0 Å². The van der Waals surface area contributed by atoms with E-state index in [1.807, 2.05) is 13.8 Å². The quantitative estimate of drug-likeness (QED) is 0.836. The summed E-state index contributed by atoms with van der Waals surface area (Å²) in [5.41, 5.74) is 0. The third-order valence-electron chi connectivity index (χ3n) is 4.06. The molecule has 2 atom stereocenters. The molecule has 0 aromatic carbocycles. The van der Waals surface area contributed by atoms with E-state index in [2.05, 4.69) is 37.9 Å². The Kier molecular flexibility index (Phi) is 5.64. The monoisotopic (exact) mass is 254 g/mol. The van der Waals surface area contributed by atoms with Crippen molar-refractivity contribution in [3.63, 3.8) is 0 Å². The third kappa shape index (κ3) is 4.27. The second-order valence-electron chi connectivity index (χ2n) is 6.65. The Morgan fingerprint density at radius 1 is 1.11 bits per heavy atom. The highest BCUT2D eigenvalue weighted by Gasteiger charge is 2.31. The lowest BCUT2D eigenvalue weighted by Gasteiger charge is -2.42. The molecule has 1 aliphatic heterocycles. The summed E-state index contributed by atoms with van der Waals surface area (Å²) in [6, 6.07) is 0.883. The van der Waals surface area contributed by atoms with Crippen molar-refractivity contribution in [2.45, 2.75) is 60.0 Å². The lowest BCUT2D eigenvalue weighted by atomic mass is 9.85. The summed E-state index contributed by atoms with van der Waals surface area (Å²) in [6.07, 6.45) is 1.12. The van der Waals surface area contributed by atoms with Gasteiger partial charge in [-0.15, -0.1) is 0 Å². The van der Waals surface area contributed by atoms with Crippen LogP contribution >= 0.6 is 0 Å². The molecule has 1 aliphatic rings. The highest BCUT2D eigenvalue weighted by Crippen LogP contribution is 2.25. The van der Waals surface area contributed by atoms with Gasteiger partial charge in [-0.05, 0) is 32.1 Å². The van der Waals surface area contributed by atoms with Gasteiger partial charge in [0.05, 0.1) is 0 Å². The second-order valence-corrected chi connectivity index (χ2v) is 6.65. The molecule has 0 aliphatic carbocycles. The number of hydrogen-bond donors (Lipinski definition) is 1. The van der Waals surface area contributed by atoms with E-state index in [9.17, 15) is 4.79 Å². The number of nitrogens with zero attached hydrogens (tertiary/aromatic N) is 1. The van der Waals surface area contributed by atoms with Gasteiger partial charge in [-0.25, -0.2) is 0 Å². The number of carbonyl (C=O) groups excluding carboxylic acids is 1. The number of rotatable bonds is 4. The lowest BCUT2D eigenvalue weighted by Crippen LogP contribution is -2.54. The van der Waals surface area contributed by atoms with E-state index in [1.165, 1.54) is 6.54 Å². The minimum atomic E-state index is 0.0805. The van der Waals surface area contributed by atoms with Crippen molar-refractivity contribution < 1.29 is 4.79 Å². The van der Waals surface area contributed by atoms with Crippen LogP contribution in [-0.4, -0.2) is 36.0 Å². The number of amides is 1. The summed E-state index contributed by atoms with van der Waals surface area (Å²) in [5, 5.41) is 3.21. The van der Waals surface area contributed by atoms with Gasteiger partial charge in [-0.1, -0.05) is 27.7 Å². The smallest absolute Gasteiger partial charge is 0.222 e. The average Bonchev–Trinajstić information content (AvgIpc) is 2.28. The number of likely N-dealkylation sites (tertiary alicyclic amines) is 1. The molecule has 0 saturated carbocycles. The molecule has 1 rings (SSSR count). The van der Waals surface area contributed by atoms with Crippen LogP contribution in [0.1, 0.15) is 48.0 Å². The van der Waals surface area contributed by atoms with Crippen molar-refractivity contribution in [1.82, 2.24) is 10.2 Å². The minimum Gasteiger partial charge on any atom is -0.352 e. The molecule has 3 nitrogen and oxygen atoms in total. The Balaban J connectivity index is 2.64.